The zero-order valence-corrected chi connectivity index (χ0v) is 11.8. The van der Waals surface area contributed by atoms with Crippen molar-refractivity contribution in [2.24, 2.45) is 0 Å². The van der Waals surface area contributed by atoms with Gasteiger partial charge in [0.1, 0.15) is 5.76 Å². The lowest BCUT2D eigenvalue weighted by Crippen LogP contribution is -2.24. The number of hydrogen-bond donors (Lipinski definition) is 2. The van der Waals surface area contributed by atoms with Crippen LogP contribution in [0.25, 0.3) is 0 Å². The van der Waals surface area contributed by atoms with E-state index in [-0.39, 0.29) is 16.5 Å². The van der Waals surface area contributed by atoms with Gasteiger partial charge < -0.3 is 10.2 Å². The number of benzene rings is 1. The lowest BCUT2D eigenvalue weighted by molar-refractivity contribution is 0.498. The number of furan rings is 1. The first-order valence-electron chi connectivity index (χ1n) is 5.48. The minimum atomic E-state index is -3.69. The molecule has 2 rings (SSSR count). The number of sulfonamides is 1. The number of nitrogens with one attached hydrogen (secondary N) is 1. The Labute approximate surface area is 116 Å². The number of halogens is 1. The highest BCUT2D eigenvalue weighted by Crippen LogP contribution is 2.25. The van der Waals surface area contributed by atoms with E-state index >= 15 is 0 Å². The highest BCUT2D eigenvalue weighted by atomic mass is 35.5. The summed E-state index contributed by atoms with van der Waals surface area (Å²) in [6, 6.07) is 6.26. The van der Waals surface area contributed by atoms with Crippen molar-refractivity contribution in [1.29, 1.82) is 0 Å². The van der Waals surface area contributed by atoms with Crippen LogP contribution in [0.4, 0.5) is 5.69 Å². The summed E-state index contributed by atoms with van der Waals surface area (Å²) < 4.78 is 31.9. The Morgan fingerprint density at radius 2 is 2.16 bits per heavy atom. The number of anilines is 1. The fourth-order valence-electron chi connectivity index (χ4n) is 1.61. The molecule has 0 spiro atoms. The number of nitrogens with two attached hydrogens (primary N) is 1. The van der Waals surface area contributed by atoms with Crippen LogP contribution in [0.5, 0.6) is 0 Å². The van der Waals surface area contributed by atoms with Gasteiger partial charge in [0.05, 0.1) is 17.7 Å². The minimum Gasteiger partial charge on any atom is -0.468 e. The largest absolute Gasteiger partial charge is 0.468 e. The van der Waals surface area contributed by atoms with Crippen molar-refractivity contribution in [3.63, 3.8) is 0 Å². The van der Waals surface area contributed by atoms with Gasteiger partial charge in [-0.25, -0.2) is 13.1 Å². The van der Waals surface area contributed by atoms with Crippen LogP contribution in [0.1, 0.15) is 11.3 Å². The van der Waals surface area contributed by atoms with Gasteiger partial charge >= 0.3 is 0 Å². The zero-order chi connectivity index (χ0) is 14.0. The number of hydrogen-bond acceptors (Lipinski definition) is 4. The summed E-state index contributed by atoms with van der Waals surface area (Å²) in [5, 5.41) is 0.279. The molecule has 0 aliphatic rings. The van der Waals surface area contributed by atoms with Gasteiger partial charge in [-0.05, 0) is 36.8 Å². The molecule has 0 aliphatic carbocycles. The van der Waals surface area contributed by atoms with E-state index in [1.54, 1.807) is 19.1 Å². The maximum atomic E-state index is 12.2. The predicted octanol–water partition coefficient (Wildman–Crippen LogP) is 2.30. The summed E-state index contributed by atoms with van der Waals surface area (Å²) in [6.45, 7) is 1.70. The summed E-state index contributed by atoms with van der Waals surface area (Å²) >= 11 is 5.84. The molecule has 102 valence electrons. The molecular formula is C12H13ClN2O3S. The van der Waals surface area contributed by atoms with Gasteiger partial charge in [0, 0.05) is 10.7 Å². The molecule has 0 saturated carbocycles. The van der Waals surface area contributed by atoms with Crippen molar-refractivity contribution in [3.05, 3.63) is 46.9 Å². The normalized spacial score (nSPS) is 11.7. The molecule has 19 heavy (non-hydrogen) atoms. The number of rotatable bonds is 4. The fraction of sp³-hybridized carbons (Fsp3) is 0.167. The van der Waals surface area contributed by atoms with E-state index in [4.69, 9.17) is 21.8 Å². The Hall–Kier alpha value is -1.50. The zero-order valence-electron chi connectivity index (χ0n) is 10.2. The maximum absolute atomic E-state index is 12.2. The molecule has 0 aliphatic heterocycles. The predicted molar refractivity (Wildman–Crippen MR) is 73.3 cm³/mol. The highest BCUT2D eigenvalue weighted by Gasteiger charge is 2.19. The molecule has 0 fully saturated rings. The Bertz CT molecular complexity index is 681. The van der Waals surface area contributed by atoms with Gasteiger partial charge in [-0.2, -0.15) is 0 Å². The van der Waals surface area contributed by atoms with Crippen LogP contribution in [-0.2, 0) is 16.6 Å². The molecule has 1 heterocycles. The average Bonchev–Trinajstić information content (AvgIpc) is 2.84. The minimum absolute atomic E-state index is 0.0706. The summed E-state index contributed by atoms with van der Waals surface area (Å²) in [5.74, 6) is 0.524. The van der Waals surface area contributed by atoms with E-state index in [1.807, 2.05) is 0 Å². The topological polar surface area (TPSA) is 85.3 Å². The van der Waals surface area contributed by atoms with E-state index in [0.29, 0.717) is 17.0 Å². The van der Waals surface area contributed by atoms with Gasteiger partial charge in [-0.15, -0.1) is 0 Å². The molecule has 0 atom stereocenters. The molecule has 0 unspecified atom stereocenters. The van der Waals surface area contributed by atoms with E-state index in [2.05, 4.69) is 4.72 Å². The Kier molecular flexibility index (Phi) is 3.84. The molecular weight excluding hydrogens is 288 g/mol. The third kappa shape index (κ3) is 3.09. The molecule has 2 aromatic rings. The van der Waals surface area contributed by atoms with Crippen molar-refractivity contribution in [3.8, 4) is 0 Å². The van der Waals surface area contributed by atoms with Crippen LogP contribution >= 0.6 is 11.6 Å². The second kappa shape index (κ2) is 5.24. The van der Waals surface area contributed by atoms with E-state index in [9.17, 15) is 8.42 Å². The average molecular weight is 301 g/mol. The second-order valence-corrected chi connectivity index (χ2v) is 6.19. The molecule has 0 bridgehead atoms. The molecule has 1 aromatic heterocycles. The van der Waals surface area contributed by atoms with Crippen LogP contribution in [0, 0.1) is 6.92 Å². The van der Waals surface area contributed by atoms with Crippen LogP contribution < -0.4 is 10.5 Å². The van der Waals surface area contributed by atoms with Gasteiger partial charge in [0.2, 0.25) is 10.0 Å². The SMILES string of the molecule is Cc1c(N)cc(Cl)cc1S(=O)(=O)NCc1ccco1. The summed E-state index contributed by atoms with van der Waals surface area (Å²) in [7, 11) is -3.69. The third-order valence-electron chi connectivity index (χ3n) is 2.67. The Morgan fingerprint density at radius 3 is 2.79 bits per heavy atom. The van der Waals surface area contributed by atoms with Crippen LogP contribution in [0.2, 0.25) is 5.02 Å². The molecule has 1 aromatic carbocycles. The van der Waals surface area contributed by atoms with E-state index in [0.717, 1.165) is 0 Å². The molecule has 0 saturated heterocycles. The summed E-state index contributed by atoms with van der Waals surface area (Å²) in [6.07, 6.45) is 1.48. The quantitative estimate of drug-likeness (QED) is 0.848. The molecule has 0 amide bonds. The van der Waals surface area contributed by atoms with Crippen molar-refractivity contribution >= 4 is 27.3 Å². The first-order chi connectivity index (χ1) is 8.90. The Balaban J connectivity index is 2.29. The van der Waals surface area contributed by atoms with Crippen molar-refractivity contribution in [2.45, 2.75) is 18.4 Å². The number of nitrogen functional groups attached to an aromatic ring is 1. The van der Waals surface area contributed by atoms with Gasteiger partial charge in [-0.1, -0.05) is 11.6 Å². The lowest BCUT2D eigenvalue weighted by Gasteiger charge is -2.11. The van der Waals surface area contributed by atoms with Crippen LogP contribution in [0.15, 0.2) is 39.8 Å². The van der Waals surface area contributed by atoms with Crippen molar-refractivity contribution < 1.29 is 12.8 Å². The smallest absolute Gasteiger partial charge is 0.241 e. The van der Waals surface area contributed by atoms with Gasteiger partial charge in [0.15, 0.2) is 0 Å². The molecule has 5 nitrogen and oxygen atoms in total. The second-order valence-electron chi connectivity index (χ2n) is 4.02. The fourth-order valence-corrected chi connectivity index (χ4v) is 3.19. The van der Waals surface area contributed by atoms with Crippen molar-refractivity contribution in [1.82, 2.24) is 4.72 Å². The Morgan fingerprint density at radius 1 is 1.42 bits per heavy atom. The van der Waals surface area contributed by atoms with Crippen molar-refractivity contribution in [2.75, 3.05) is 5.73 Å². The summed E-state index contributed by atoms with van der Waals surface area (Å²) in [4.78, 5) is 0.0732. The standard InChI is InChI=1S/C12H13ClN2O3S/c1-8-11(14)5-9(13)6-12(8)19(16,17)15-7-10-3-2-4-18-10/h2-6,15H,7,14H2,1H3. The van der Waals surface area contributed by atoms with E-state index in [1.165, 1.54) is 18.4 Å². The molecule has 3 N–H and O–H groups in total. The van der Waals surface area contributed by atoms with Crippen LogP contribution in [0.3, 0.4) is 0 Å². The molecule has 7 heteroatoms. The molecule has 0 radical (unpaired) electrons. The highest BCUT2D eigenvalue weighted by molar-refractivity contribution is 7.89. The first kappa shape index (κ1) is 13.9. The summed E-state index contributed by atoms with van der Waals surface area (Å²) in [5.41, 5.74) is 6.52. The third-order valence-corrected chi connectivity index (χ3v) is 4.42. The first-order valence-corrected chi connectivity index (χ1v) is 7.34. The lowest BCUT2D eigenvalue weighted by atomic mass is 10.2. The van der Waals surface area contributed by atoms with Gasteiger partial charge in [0.25, 0.3) is 0 Å². The maximum Gasteiger partial charge on any atom is 0.241 e. The monoisotopic (exact) mass is 300 g/mol. The van der Waals surface area contributed by atoms with Gasteiger partial charge in [-0.3, -0.25) is 0 Å². The van der Waals surface area contributed by atoms with E-state index < -0.39 is 10.0 Å². The van der Waals surface area contributed by atoms with Crippen LogP contribution in [-0.4, -0.2) is 8.42 Å².